The molecule has 0 bridgehead atoms. The minimum Gasteiger partial charge on any atom is -0.852 e. The Morgan fingerprint density at radius 3 is 2.12 bits per heavy atom. The number of carbonyl (C=O) groups excluding carboxylic acids is 1. The molecule has 0 aromatic heterocycles. The Morgan fingerprint density at radius 2 is 2.12 bits per heavy atom. The second-order valence-corrected chi connectivity index (χ2v) is 1.72. The van der Waals surface area contributed by atoms with Gasteiger partial charge >= 0.3 is 29.6 Å². The van der Waals surface area contributed by atoms with Crippen LogP contribution in [0.1, 0.15) is 20.3 Å². The molecular weight excluding hydrogens is 115 g/mol. The van der Waals surface area contributed by atoms with Crippen molar-refractivity contribution in [3.63, 3.8) is 0 Å². The fourth-order valence-electron chi connectivity index (χ4n) is 0.405. The third-order valence-corrected chi connectivity index (χ3v) is 0.575. The van der Waals surface area contributed by atoms with Crippen molar-refractivity contribution >= 4 is 5.78 Å². The fourth-order valence-corrected chi connectivity index (χ4v) is 0.405. The van der Waals surface area contributed by atoms with Crippen LogP contribution in [0.15, 0.2) is 0 Å². The van der Waals surface area contributed by atoms with Gasteiger partial charge in [0, 0.05) is 0 Å². The summed E-state index contributed by atoms with van der Waals surface area (Å²) in [6.45, 7) is 2.91. The molecule has 1 atom stereocenters. The fraction of sp³-hybridized carbons (Fsp3) is 0.800. The summed E-state index contributed by atoms with van der Waals surface area (Å²) in [5.41, 5.74) is 0. The molecule has 1 unspecified atom stereocenters. The predicted molar refractivity (Wildman–Crippen MR) is 24.8 cm³/mol. The van der Waals surface area contributed by atoms with Crippen LogP contribution in [0.3, 0.4) is 0 Å². The Bertz CT molecular complexity index is 70.8. The smallest absolute Gasteiger partial charge is 0.852 e. The molecule has 0 saturated carbocycles. The second-order valence-electron chi connectivity index (χ2n) is 1.72. The largest absolute Gasteiger partial charge is 1.00 e. The number of Topliss-reactive ketones (excluding diaryl/α,β-unsaturated/α-hetero) is 1. The van der Waals surface area contributed by atoms with Gasteiger partial charge in [-0.3, -0.25) is 0 Å². The molecule has 0 rings (SSSR count). The van der Waals surface area contributed by atoms with E-state index in [4.69, 9.17) is 0 Å². The van der Waals surface area contributed by atoms with Gasteiger partial charge in [-0.2, -0.15) is 0 Å². The van der Waals surface area contributed by atoms with Crippen molar-refractivity contribution in [3.05, 3.63) is 0 Å². The zero-order valence-electron chi connectivity index (χ0n) is 5.60. The molecule has 0 aromatic rings. The molecule has 0 saturated heterocycles. The first-order chi connectivity index (χ1) is 3.13. The van der Waals surface area contributed by atoms with Crippen LogP contribution in [-0.2, 0) is 4.79 Å². The van der Waals surface area contributed by atoms with Crippen LogP contribution in [0.5, 0.6) is 0 Å². The molecule has 0 radical (unpaired) electrons. The Hall–Kier alpha value is 0.630. The van der Waals surface area contributed by atoms with Crippen LogP contribution in [0, 0.1) is 0 Å². The van der Waals surface area contributed by atoms with Gasteiger partial charge in [-0.15, -0.1) is 6.10 Å². The third kappa shape index (κ3) is 9.80. The molecule has 0 aliphatic heterocycles. The van der Waals surface area contributed by atoms with E-state index in [2.05, 4.69) is 0 Å². The van der Waals surface area contributed by atoms with E-state index in [1.807, 2.05) is 0 Å². The minimum atomic E-state index is -0.725. The van der Waals surface area contributed by atoms with Gasteiger partial charge in [-0.25, -0.2) is 0 Å². The molecule has 42 valence electrons. The van der Waals surface area contributed by atoms with Gasteiger partial charge in [0.1, 0.15) is 5.78 Å². The minimum absolute atomic E-state index is 0. The summed E-state index contributed by atoms with van der Waals surface area (Å²) in [6.07, 6.45) is -0.558. The molecule has 0 aliphatic carbocycles. The molecule has 0 N–H and O–H groups in total. The summed E-state index contributed by atoms with van der Waals surface area (Å²) in [5.74, 6) is -0.0255. The normalized spacial score (nSPS) is 11.9. The monoisotopic (exact) mass is 124 g/mol. The maximum atomic E-state index is 10.1. The van der Waals surface area contributed by atoms with E-state index in [-0.39, 0.29) is 41.8 Å². The molecular formula is C5H9NaO2. The molecule has 0 aliphatic rings. The third-order valence-electron chi connectivity index (χ3n) is 0.575. The van der Waals surface area contributed by atoms with Crippen molar-refractivity contribution in [2.75, 3.05) is 0 Å². The summed E-state index contributed by atoms with van der Waals surface area (Å²) in [7, 11) is 0. The number of ketones is 1. The van der Waals surface area contributed by atoms with Crippen LogP contribution >= 0.6 is 0 Å². The Labute approximate surface area is 71.6 Å². The van der Waals surface area contributed by atoms with Gasteiger partial charge in [0.25, 0.3) is 0 Å². The summed E-state index contributed by atoms with van der Waals surface area (Å²) >= 11 is 0. The molecule has 0 spiro atoms. The second kappa shape index (κ2) is 5.76. The van der Waals surface area contributed by atoms with Crippen molar-refractivity contribution in [2.24, 2.45) is 0 Å². The van der Waals surface area contributed by atoms with Crippen molar-refractivity contribution in [1.82, 2.24) is 0 Å². The first-order valence-electron chi connectivity index (χ1n) is 2.28. The topological polar surface area (TPSA) is 40.1 Å². The zero-order chi connectivity index (χ0) is 5.86. The zero-order valence-corrected chi connectivity index (χ0v) is 7.60. The maximum absolute atomic E-state index is 10.1. The van der Waals surface area contributed by atoms with E-state index >= 15 is 0 Å². The summed E-state index contributed by atoms with van der Waals surface area (Å²) in [5, 5.41) is 10.1. The Balaban J connectivity index is 0. The van der Waals surface area contributed by atoms with Crippen molar-refractivity contribution in [3.8, 4) is 0 Å². The first kappa shape index (κ1) is 11.4. The quantitative estimate of drug-likeness (QED) is 0.362. The van der Waals surface area contributed by atoms with Crippen molar-refractivity contribution < 1.29 is 39.5 Å². The number of carbonyl (C=O) groups is 1. The van der Waals surface area contributed by atoms with Crippen LogP contribution in [-0.4, -0.2) is 11.9 Å². The van der Waals surface area contributed by atoms with E-state index in [0.717, 1.165) is 0 Å². The average Bonchev–Trinajstić information content (AvgIpc) is 1.27. The van der Waals surface area contributed by atoms with E-state index in [9.17, 15) is 9.90 Å². The van der Waals surface area contributed by atoms with Crippen LogP contribution in [0.25, 0.3) is 0 Å². The van der Waals surface area contributed by atoms with Gasteiger partial charge < -0.3 is 9.90 Å². The summed E-state index contributed by atoms with van der Waals surface area (Å²) in [6, 6.07) is 0. The van der Waals surface area contributed by atoms with Crippen LogP contribution < -0.4 is 34.7 Å². The van der Waals surface area contributed by atoms with Gasteiger partial charge in [0.2, 0.25) is 0 Å². The molecule has 0 heterocycles. The molecule has 0 fully saturated rings. The van der Waals surface area contributed by atoms with Gasteiger partial charge in [0.15, 0.2) is 0 Å². The SMILES string of the molecule is CC(=O)CC(C)[O-].[Na+]. The van der Waals surface area contributed by atoms with Gasteiger partial charge in [0.05, 0.1) is 0 Å². The molecule has 8 heavy (non-hydrogen) atoms. The average molecular weight is 124 g/mol. The van der Waals surface area contributed by atoms with Gasteiger partial charge in [-0.05, 0) is 13.3 Å². The Morgan fingerprint density at radius 1 is 1.75 bits per heavy atom. The van der Waals surface area contributed by atoms with Crippen molar-refractivity contribution in [2.45, 2.75) is 26.4 Å². The number of hydrogen-bond acceptors (Lipinski definition) is 2. The van der Waals surface area contributed by atoms with E-state index in [0.29, 0.717) is 0 Å². The Kier molecular flexibility index (Phi) is 8.23. The van der Waals surface area contributed by atoms with Crippen LogP contribution in [0.4, 0.5) is 0 Å². The maximum Gasteiger partial charge on any atom is 1.00 e. The standard InChI is InChI=1S/C5H9O2.Na/c1-4(6)3-5(2)7;/h4H,3H2,1-2H3;/q-1;+1. The molecule has 0 amide bonds. The van der Waals surface area contributed by atoms with E-state index in [1.54, 1.807) is 0 Å². The first-order valence-corrected chi connectivity index (χ1v) is 2.28. The molecule has 0 aromatic carbocycles. The van der Waals surface area contributed by atoms with Crippen LogP contribution in [0.2, 0.25) is 0 Å². The summed E-state index contributed by atoms with van der Waals surface area (Å²) < 4.78 is 0. The molecule has 3 heteroatoms. The molecule has 2 nitrogen and oxygen atoms in total. The van der Waals surface area contributed by atoms with E-state index < -0.39 is 6.10 Å². The van der Waals surface area contributed by atoms with Crippen molar-refractivity contribution in [1.29, 1.82) is 0 Å². The van der Waals surface area contributed by atoms with Gasteiger partial charge in [-0.1, -0.05) is 6.92 Å². The summed E-state index contributed by atoms with van der Waals surface area (Å²) in [4.78, 5) is 10.1. The predicted octanol–water partition coefficient (Wildman–Crippen LogP) is -3.28. The number of rotatable bonds is 2. The number of hydrogen-bond donors (Lipinski definition) is 0. The van der Waals surface area contributed by atoms with E-state index in [1.165, 1.54) is 13.8 Å².